The van der Waals surface area contributed by atoms with Crippen LogP contribution in [-0.2, 0) is 19.6 Å². The van der Waals surface area contributed by atoms with Crippen molar-refractivity contribution in [2.45, 2.75) is 6.42 Å². The lowest BCUT2D eigenvalue weighted by atomic mass is 10.2. The molecule has 25 heavy (non-hydrogen) atoms. The number of sulfonamides is 1. The van der Waals surface area contributed by atoms with Crippen LogP contribution in [0.3, 0.4) is 0 Å². The third kappa shape index (κ3) is 5.05. The number of amides is 2. The Labute approximate surface area is 151 Å². The van der Waals surface area contributed by atoms with Gasteiger partial charge in [0, 0.05) is 39.1 Å². The Hall–Kier alpha value is -1.87. The largest absolute Gasteiger partial charge is 0.342 e. The Balaban J connectivity index is 2.04. The molecule has 10 heteroatoms. The number of piperazine rings is 1. The molecule has 138 valence electrons. The number of hydrogen-bond donors (Lipinski definition) is 0. The molecule has 2 rings (SSSR count). The van der Waals surface area contributed by atoms with Gasteiger partial charge in [-0.2, -0.15) is 0 Å². The summed E-state index contributed by atoms with van der Waals surface area (Å²) in [7, 11) is -3.66. The monoisotopic (exact) mass is 391 g/mol. The number of hydrogen-bond acceptors (Lipinski definition) is 4. The van der Waals surface area contributed by atoms with Crippen molar-refractivity contribution in [2.24, 2.45) is 0 Å². The van der Waals surface area contributed by atoms with E-state index in [-0.39, 0.29) is 29.6 Å². The average Bonchev–Trinajstić information content (AvgIpc) is 2.57. The molecule has 0 N–H and O–H groups in total. The smallest absolute Gasteiger partial charge is 0.232 e. The second-order valence-corrected chi connectivity index (χ2v) is 8.02. The van der Waals surface area contributed by atoms with E-state index in [1.54, 1.807) is 9.80 Å². The molecule has 0 spiro atoms. The maximum atomic E-state index is 13.3. The van der Waals surface area contributed by atoms with Crippen LogP contribution in [0.1, 0.15) is 6.42 Å². The molecular formula is C15H19ClFN3O4S. The van der Waals surface area contributed by atoms with Gasteiger partial charge in [0.2, 0.25) is 22.3 Å². The number of rotatable bonds is 6. The first-order valence-corrected chi connectivity index (χ1v) is 9.85. The third-order valence-corrected chi connectivity index (χ3v) is 5.42. The van der Waals surface area contributed by atoms with Crippen LogP contribution in [0.4, 0.5) is 10.1 Å². The molecule has 0 saturated carbocycles. The van der Waals surface area contributed by atoms with Crippen LogP contribution in [0.5, 0.6) is 0 Å². The van der Waals surface area contributed by atoms with E-state index in [9.17, 15) is 22.4 Å². The Morgan fingerprint density at radius 1 is 1.32 bits per heavy atom. The van der Waals surface area contributed by atoms with Gasteiger partial charge in [-0.25, -0.2) is 12.8 Å². The van der Waals surface area contributed by atoms with Gasteiger partial charge in [-0.05, 0) is 18.2 Å². The quantitative estimate of drug-likeness (QED) is 0.676. The molecule has 0 aromatic heterocycles. The summed E-state index contributed by atoms with van der Waals surface area (Å²) in [6, 6.07) is 3.59. The van der Waals surface area contributed by atoms with Gasteiger partial charge >= 0.3 is 0 Å². The molecule has 1 aromatic carbocycles. The van der Waals surface area contributed by atoms with E-state index in [1.165, 1.54) is 12.1 Å². The van der Waals surface area contributed by atoms with Gasteiger partial charge in [-0.15, -0.1) is 0 Å². The first-order chi connectivity index (χ1) is 11.7. The van der Waals surface area contributed by atoms with Gasteiger partial charge in [-0.3, -0.25) is 13.9 Å². The van der Waals surface area contributed by atoms with Crippen LogP contribution in [0, 0.1) is 5.82 Å². The molecular weight excluding hydrogens is 373 g/mol. The zero-order chi connectivity index (χ0) is 18.6. The van der Waals surface area contributed by atoms with Crippen LogP contribution in [0.15, 0.2) is 18.2 Å². The van der Waals surface area contributed by atoms with Crippen molar-refractivity contribution in [3.8, 4) is 0 Å². The molecule has 1 heterocycles. The highest BCUT2D eigenvalue weighted by Crippen LogP contribution is 2.24. The van der Waals surface area contributed by atoms with E-state index >= 15 is 0 Å². The Kier molecular flexibility index (Phi) is 6.23. The van der Waals surface area contributed by atoms with Crippen molar-refractivity contribution in [2.75, 3.05) is 43.3 Å². The summed E-state index contributed by atoms with van der Waals surface area (Å²) in [4.78, 5) is 26.1. The topological polar surface area (TPSA) is 78.0 Å². The van der Waals surface area contributed by atoms with Gasteiger partial charge in [0.25, 0.3) is 0 Å². The summed E-state index contributed by atoms with van der Waals surface area (Å²) in [6.45, 7) is 1.67. The molecule has 0 bridgehead atoms. The van der Waals surface area contributed by atoms with Crippen LogP contribution >= 0.6 is 11.6 Å². The van der Waals surface area contributed by atoms with E-state index in [0.29, 0.717) is 26.2 Å². The lowest BCUT2D eigenvalue weighted by Crippen LogP contribution is -2.48. The minimum Gasteiger partial charge on any atom is -0.342 e. The average molecular weight is 392 g/mol. The maximum absolute atomic E-state index is 13.3. The number of carbonyl (C=O) groups is 2. The SMILES string of the molecule is CS(=O)(=O)N(CCC(=O)N1CCN(C=O)CC1)c1ccc(F)c(Cl)c1. The van der Waals surface area contributed by atoms with Crippen LogP contribution in [-0.4, -0.2) is 69.5 Å². The molecule has 1 saturated heterocycles. The summed E-state index contributed by atoms with van der Waals surface area (Å²) in [6.07, 6.45) is 1.73. The minimum absolute atomic E-state index is 0.0246. The van der Waals surface area contributed by atoms with Gasteiger partial charge in [0.15, 0.2) is 0 Å². The van der Waals surface area contributed by atoms with Gasteiger partial charge in [0.05, 0.1) is 17.0 Å². The molecule has 1 fully saturated rings. The molecule has 0 unspecified atom stereocenters. The summed E-state index contributed by atoms with van der Waals surface area (Å²) in [5.41, 5.74) is 0.201. The van der Waals surface area contributed by atoms with Gasteiger partial charge in [0.1, 0.15) is 5.82 Å². The Morgan fingerprint density at radius 3 is 2.48 bits per heavy atom. The fourth-order valence-electron chi connectivity index (χ4n) is 2.56. The minimum atomic E-state index is -3.66. The summed E-state index contributed by atoms with van der Waals surface area (Å²) in [5, 5.41) is -0.192. The van der Waals surface area contributed by atoms with Gasteiger partial charge < -0.3 is 9.80 Å². The second-order valence-electron chi connectivity index (χ2n) is 5.71. The van der Waals surface area contributed by atoms with Gasteiger partial charge in [-0.1, -0.05) is 11.6 Å². The van der Waals surface area contributed by atoms with Crippen LogP contribution < -0.4 is 4.31 Å². The first kappa shape index (κ1) is 19.5. The second kappa shape index (κ2) is 8.01. The fraction of sp³-hybridized carbons (Fsp3) is 0.467. The highest BCUT2D eigenvalue weighted by Gasteiger charge is 2.23. The molecule has 0 atom stereocenters. The predicted molar refractivity (Wildman–Crippen MR) is 92.4 cm³/mol. The molecule has 1 aliphatic heterocycles. The maximum Gasteiger partial charge on any atom is 0.232 e. The zero-order valence-electron chi connectivity index (χ0n) is 13.7. The predicted octanol–water partition coefficient (Wildman–Crippen LogP) is 0.936. The van der Waals surface area contributed by atoms with Crippen LogP contribution in [0.25, 0.3) is 0 Å². The van der Waals surface area contributed by atoms with E-state index in [2.05, 4.69) is 0 Å². The molecule has 2 amide bonds. The lowest BCUT2D eigenvalue weighted by molar-refractivity contribution is -0.134. The van der Waals surface area contributed by atoms with E-state index < -0.39 is 15.8 Å². The van der Waals surface area contributed by atoms with Crippen molar-refractivity contribution < 1.29 is 22.4 Å². The highest BCUT2D eigenvalue weighted by atomic mass is 35.5. The van der Waals surface area contributed by atoms with Crippen LogP contribution in [0.2, 0.25) is 5.02 Å². The zero-order valence-corrected chi connectivity index (χ0v) is 15.3. The number of nitrogens with zero attached hydrogens (tertiary/aromatic N) is 3. The first-order valence-electron chi connectivity index (χ1n) is 7.62. The molecule has 0 aliphatic carbocycles. The molecule has 0 radical (unpaired) electrons. The number of anilines is 1. The van der Waals surface area contributed by atoms with E-state index in [1.807, 2.05) is 0 Å². The molecule has 7 nitrogen and oxygen atoms in total. The van der Waals surface area contributed by atoms with Crippen molar-refractivity contribution >= 4 is 39.6 Å². The standard InChI is InChI=1S/C15H19ClFN3O4S/c1-25(23,24)20(12-2-3-14(17)13(16)10-12)5-4-15(22)19-8-6-18(11-21)7-9-19/h2-3,10-11H,4-9H2,1H3. The normalized spacial score (nSPS) is 15.2. The summed E-state index contributed by atoms with van der Waals surface area (Å²) < 4.78 is 38.3. The fourth-order valence-corrected chi connectivity index (χ4v) is 3.65. The number of benzene rings is 1. The van der Waals surface area contributed by atoms with Crippen molar-refractivity contribution in [3.05, 3.63) is 29.0 Å². The Bertz CT molecular complexity index is 751. The van der Waals surface area contributed by atoms with E-state index in [0.717, 1.165) is 23.0 Å². The number of halogens is 2. The Morgan fingerprint density at radius 2 is 1.96 bits per heavy atom. The number of carbonyl (C=O) groups excluding carboxylic acids is 2. The van der Waals surface area contributed by atoms with Crippen molar-refractivity contribution in [1.29, 1.82) is 0 Å². The van der Waals surface area contributed by atoms with Crippen molar-refractivity contribution in [1.82, 2.24) is 9.80 Å². The highest BCUT2D eigenvalue weighted by molar-refractivity contribution is 7.92. The van der Waals surface area contributed by atoms with Crippen molar-refractivity contribution in [3.63, 3.8) is 0 Å². The third-order valence-electron chi connectivity index (χ3n) is 3.94. The molecule has 1 aliphatic rings. The summed E-state index contributed by atoms with van der Waals surface area (Å²) >= 11 is 5.72. The van der Waals surface area contributed by atoms with E-state index in [4.69, 9.17) is 11.6 Å². The summed E-state index contributed by atoms with van der Waals surface area (Å²) in [5.74, 6) is -0.851. The molecule has 1 aromatic rings. The lowest BCUT2D eigenvalue weighted by Gasteiger charge is -2.33.